The van der Waals surface area contributed by atoms with E-state index in [2.05, 4.69) is 4.98 Å². The van der Waals surface area contributed by atoms with Crippen LogP contribution in [0.4, 0.5) is 0 Å². The summed E-state index contributed by atoms with van der Waals surface area (Å²) >= 11 is 5.94. The molecule has 0 saturated carbocycles. The Labute approximate surface area is 167 Å². The van der Waals surface area contributed by atoms with Gasteiger partial charge in [0.2, 0.25) is 5.78 Å². The van der Waals surface area contributed by atoms with Crippen molar-refractivity contribution in [2.24, 2.45) is 0 Å². The lowest BCUT2D eigenvalue weighted by atomic mass is 10.1. The maximum atomic E-state index is 12.3. The van der Waals surface area contributed by atoms with E-state index in [-0.39, 0.29) is 18.1 Å². The van der Waals surface area contributed by atoms with E-state index in [1.165, 1.54) is 19.4 Å². The minimum Gasteiger partial charge on any atom is -0.496 e. The maximum Gasteiger partial charge on any atom is 0.310 e. The number of nitrogens with zero attached hydrogens (tertiary/aromatic N) is 1. The molecule has 0 aliphatic carbocycles. The van der Waals surface area contributed by atoms with Crippen LogP contribution in [0.15, 0.2) is 30.5 Å². The Kier molecular flexibility index (Phi) is 6.36. The summed E-state index contributed by atoms with van der Waals surface area (Å²) in [4.78, 5) is 41.2. The molecule has 7 nitrogen and oxygen atoms in total. The molecule has 1 aliphatic rings. The van der Waals surface area contributed by atoms with E-state index in [1.807, 2.05) is 0 Å². The van der Waals surface area contributed by atoms with Crippen LogP contribution >= 0.6 is 11.6 Å². The normalized spacial score (nSPS) is 13.4. The van der Waals surface area contributed by atoms with Crippen molar-refractivity contribution in [1.82, 2.24) is 9.88 Å². The summed E-state index contributed by atoms with van der Waals surface area (Å²) in [5.41, 5.74) is 1.24. The van der Waals surface area contributed by atoms with Crippen LogP contribution in [-0.2, 0) is 16.0 Å². The van der Waals surface area contributed by atoms with E-state index >= 15 is 0 Å². The highest BCUT2D eigenvalue weighted by Gasteiger charge is 2.22. The lowest BCUT2D eigenvalue weighted by molar-refractivity contribution is -0.141. The van der Waals surface area contributed by atoms with Crippen molar-refractivity contribution in [2.75, 3.05) is 26.8 Å². The highest BCUT2D eigenvalue weighted by Crippen LogP contribution is 2.23. The highest BCUT2D eigenvalue weighted by atomic mass is 35.5. The molecule has 3 rings (SSSR count). The first-order valence-corrected chi connectivity index (χ1v) is 9.34. The zero-order chi connectivity index (χ0) is 20.1. The van der Waals surface area contributed by atoms with Gasteiger partial charge in [-0.15, -0.1) is 0 Å². The molecule has 2 aromatic rings. The van der Waals surface area contributed by atoms with Crippen LogP contribution in [0.1, 0.15) is 39.3 Å². The largest absolute Gasteiger partial charge is 0.496 e. The van der Waals surface area contributed by atoms with E-state index < -0.39 is 12.6 Å². The van der Waals surface area contributed by atoms with E-state index in [0.717, 1.165) is 25.9 Å². The van der Waals surface area contributed by atoms with Gasteiger partial charge in [0, 0.05) is 35.4 Å². The fourth-order valence-electron chi connectivity index (χ4n) is 3.09. The molecular formula is C20H21ClN2O5. The summed E-state index contributed by atoms with van der Waals surface area (Å²) in [6, 6.07) is 6.43. The number of nitrogens with one attached hydrogen (secondary N) is 1. The number of halogens is 1. The second kappa shape index (κ2) is 8.93. The first-order valence-electron chi connectivity index (χ1n) is 8.97. The van der Waals surface area contributed by atoms with Gasteiger partial charge in [-0.3, -0.25) is 14.4 Å². The molecule has 8 heteroatoms. The van der Waals surface area contributed by atoms with Gasteiger partial charge in [-0.2, -0.15) is 0 Å². The average molecular weight is 405 g/mol. The van der Waals surface area contributed by atoms with Gasteiger partial charge in [0.05, 0.1) is 13.5 Å². The topological polar surface area (TPSA) is 88.7 Å². The van der Waals surface area contributed by atoms with Crippen LogP contribution < -0.4 is 4.74 Å². The molecular weight excluding hydrogens is 384 g/mol. The Bertz CT molecular complexity index is 886. The zero-order valence-electron chi connectivity index (χ0n) is 15.5. The first kappa shape index (κ1) is 19.9. The molecule has 0 atom stereocenters. The molecule has 1 amide bonds. The first-order chi connectivity index (χ1) is 13.5. The monoisotopic (exact) mass is 404 g/mol. The number of rotatable bonds is 7. The third-order valence-electron chi connectivity index (χ3n) is 4.57. The number of methoxy groups -OCH3 is 1. The quantitative estimate of drug-likeness (QED) is 0.566. The lowest BCUT2D eigenvalue weighted by Crippen LogP contribution is -2.27. The van der Waals surface area contributed by atoms with Crippen molar-refractivity contribution in [1.29, 1.82) is 0 Å². The predicted octanol–water partition coefficient (Wildman–Crippen LogP) is 2.88. The molecule has 1 aromatic heterocycles. The van der Waals surface area contributed by atoms with Crippen molar-refractivity contribution >= 4 is 29.3 Å². The summed E-state index contributed by atoms with van der Waals surface area (Å²) in [5, 5.41) is 0.474. The molecule has 1 saturated heterocycles. The van der Waals surface area contributed by atoms with Crippen molar-refractivity contribution < 1.29 is 23.9 Å². The summed E-state index contributed by atoms with van der Waals surface area (Å²) in [6.45, 7) is 1.05. The van der Waals surface area contributed by atoms with Crippen LogP contribution in [0.5, 0.6) is 5.75 Å². The number of likely N-dealkylation sites (tertiary alicyclic amines) is 1. The molecule has 148 valence electrons. The van der Waals surface area contributed by atoms with Crippen LogP contribution in [0.2, 0.25) is 5.02 Å². The molecule has 0 spiro atoms. The van der Waals surface area contributed by atoms with E-state index in [0.29, 0.717) is 27.6 Å². The number of hydrogen-bond acceptors (Lipinski definition) is 5. The number of Topliss-reactive ketones (excluding diaryl/α,β-unsaturated/α-hetero) is 1. The van der Waals surface area contributed by atoms with Gasteiger partial charge >= 0.3 is 5.97 Å². The maximum absolute atomic E-state index is 12.3. The third-order valence-corrected chi connectivity index (χ3v) is 4.81. The summed E-state index contributed by atoms with van der Waals surface area (Å²) in [7, 11) is 1.49. The molecule has 0 radical (unpaired) electrons. The van der Waals surface area contributed by atoms with Crippen molar-refractivity contribution in [3.05, 3.63) is 52.3 Å². The van der Waals surface area contributed by atoms with Crippen molar-refractivity contribution in [2.45, 2.75) is 19.3 Å². The SMILES string of the molecule is COc1ccc(Cl)cc1CC(=O)OCC(=O)c1c[nH]c(C(=O)N2CCCC2)c1. The van der Waals surface area contributed by atoms with Crippen LogP contribution in [0, 0.1) is 0 Å². The molecule has 1 aromatic carbocycles. The molecule has 1 N–H and O–H groups in total. The minimum absolute atomic E-state index is 0.0666. The number of benzene rings is 1. The van der Waals surface area contributed by atoms with Crippen LogP contribution in [-0.4, -0.2) is 54.3 Å². The fourth-order valence-corrected chi connectivity index (χ4v) is 3.29. The lowest BCUT2D eigenvalue weighted by Gasteiger charge is -2.13. The second-order valence-electron chi connectivity index (χ2n) is 6.52. The minimum atomic E-state index is -0.571. The van der Waals surface area contributed by atoms with Crippen molar-refractivity contribution in [3.63, 3.8) is 0 Å². The Morgan fingerprint density at radius 1 is 1.18 bits per heavy atom. The Morgan fingerprint density at radius 3 is 2.64 bits per heavy atom. The van der Waals surface area contributed by atoms with E-state index in [4.69, 9.17) is 21.1 Å². The van der Waals surface area contributed by atoms with E-state index in [1.54, 1.807) is 23.1 Å². The molecule has 1 aliphatic heterocycles. The predicted molar refractivity (Wildman–Crippen MR) is 103 cm³/mol. The Morgan fingerprint density at radius 2 is 1.93 bits per heavy atom. The standard InChI is InChI=1S/C20H21ClN2O5/c1-27-18-5-4-15(21)8-13(18)10-19(25)28-12-17(24)14-9-16(22-11-14)20(26)23-6-2-3-7-23/h4-5,8-9,11,22H,2-3,6-7,10,12H2,1H3. The number of carbonyl (C=O) groups is 3. The fraction of sp³-hybridized carbons (Fsp3) is 0.350. The van der Waals surface area contributed by atoms with Gasteiger partial charge in [0.25, 0.3) is 5.91 Å². The van der Waals surface area contributed by atoms with Crippen LogP contribution in [0.3, 0.4) is 0 Å². The number of carbonyl (C=O) groups excluding carboxylic acids is 3. The number of hydrogen-bond donors (Lipinski definition) is 1. The summed E-state index contributed by atoms with van der Waals surface area (Å²) in [5.74, 6) is -0.564. The third kappa shape index (κ3) is 4.72. The van der Waals surface area contributed by atoms with E-state index in [9.17, 15) is 14.4 Å². The number of aromatic nitrogens is 1. The summed E-state index contributed by atoms with van der Waals surface area (Å²) in [6.07, 6.45) is 3.37. The molecule has 0 bridgehead atoms. The van der Waals surface area contributed by atoms with Crippen LogP contribution in [0.25, 0.3) is 0 Å². The number of amides is 1. The molecule has 0 unspecified atom stereocenters. The molecule has 28 heavy (non-hydrogen) atoms. The smallest absolute Gasteiger partial charge is 0.310 e. The highest BCUT2D eigenvalue weighted by molar-refractivity contribution is 6.30. The number of esters is 1. The van der Waals surface area contributed by atoms with Crippen molar-refractivity contribution in [3.8, 4) is 5.75 Å². The Balaban J connectivity index is 1.55. The number of H-pyrrole nitrogens is 1. The number of ether oxygens (including phenoxy) is 2. The van der Waals surface area contributed by atoms with Gasteiger partial charge < -0.3 is 19.4 Å². The zero-order valence-corrected chi connectivity index (χ0v) is 16.3. The average Bonchev–Trinajstić information content (AvgIpc) is 3.38. The second-order valence-corrected chi connectivity index (χ2v) is 6.95. The van der Waals surface area contributed by atoms with Gasteiger partial charge in [-0.25, -0.2) is 0 Å². The van der Waals surface area contributed by atoms with Gasteiger partial charge in [-0.1, -0.05) is 11.6 Å². The molecule has 1 fully saturated rings. The Hall–Kier alpha value is -2.80. The molecule has 2 heterocycles. The van der Waals surface area contributed by atoms with Gasteiger partial charge in [0.15, 0.2) is 6.61 Å². The van der Waals surface area contributed by atoms with Gasteiger partial charge in [0.1, 0.15) is 11.4 Å². The number of ketones is 1. The number of aromatic amines is 1. The summed E-state index contributed by atoms with van der Waals surface area (Å²) < 4.78 is 10.3. The van der Waals surface area contributed by atoms with Gasteiger partial charge in [-0.05, 0) is 37.1 Å².